The number of hydrogen-bond donors (Lipinski definition) is 1. The van der Waals surface area contributed by atoms with E-state index in [1.807, 2.05) is 13.8 Å². The summed E-state index contributed by atoms with van der Waals surface area (Å²) >= 11 is 0. The van der Waals surface area contributed by atoms with E-state index in [0.29, 0.717) is 26.4 Å². The third kappa shape index (κ3) is 4.22. The molecule has 0 aliphatic carbocycles. The van der Waals surface area contributed by atoms with Gasteiger partial charge < -0.3 is 15.0 Å². The van der Waals surface area contributed by atoms with Gasteiger partial charge in [-0.1, -0.05) is 17.7 Å². The molecule has 0 atom stereocenters. The Morgan fingerprint density at radius 3 is 2.52 bits per heavy atom. The van der Waals surface area contributed by atoms with Crippen LogP contribution in [-0.2, 0) is 16.1 Å². The van der Waals surface area contributed by atoms with Crippen molar-refractivity contribution in [3.63, 3.8) is 0 Å². The molecule has 2 rings (SSSR count). The number of methoxy groups -OCH3 is 1. The van der Waals surface area contributed by atoms with Crippen molar-refractivity contribution >= 4 is 11.9 Å². The van der Waals surface area contributed by atoms with Gasteiger partial charge in [-0.05, 0) is 37.5 Å². The molecule has 6 nitrogen and oxygen atoms in total. The summed E-state index contributed by atoms with van der Waals surface area (Å²) in [4.78, 5) is 27.3. The van der Waals surface area contributed by atoms with Crippen LogP contribution in [0.4, 0.5) is 4.79 Å². The second-order valence-electron chi connectivity index (χ2n) is 6.03. The van der Waals surface area contributed by atoms with E-state index in [1.54, 1.807) is 12.0 Å². The third-order valence-electron chi connectivity index (χ3n) is 4.13. The van der Waals surface area contributed by atoms with Crippen LogP contribution < -0.4 is 5.32 Å². The van der Waals surface area contributed by atoms with Crippen LogP contribution in [0.25, 0.3) is 0 Å². The Labute approximate surface area is 137 Å². The molecule has 1 aliphatic heterocycles. The van der Waals surface area contributed by atoms with E-state index in [-0.39, 0.29) is 18.5 Å². The number of nitrogens with one attached hydrogen (secondary N) is 1. The summed E-state index contributed by atoms with van der Waals surface area (Å²) in [5, 5.41) is 2.92. The van der Waals surface area contributed by atoms with Gasteiger partial charge in [-0.15, -0.1) is 0 Å². The molecule has 1 N–H and O–H groups in total. The zero-order valence-electron chi connectivity index (χ0n) is 14.3. The molecule has 1 heterocycles. The number of ether oxygens (including phenoxy) is 1. The quantitative estimate of drug-likeness (QED) is 0.896. The van der Waals surface area contributed by atoms with Gasteiger partial charge in [-0.3, -0.25) is 9.69 Å². The van der Waals surface area contributed by atoms with E-state index in [4.69, 9.17) is 4.74 Å². The number of carbonyl (C=O) groups is 2. The molecule has 0 aromatic heterocycles. The van der Waals surface area contributed by atoms with Crippen LogP contribution in [0, 0.1) is 20.8 Å². The van der Waals surface area contributed by atoms with Crippen molar-refractivity contribution in [3.05, 3.63) is 34.4 Å². The largest absolute Gasteiger partial charge is 0.383 e. The van der Waals surface area contributed by atoms with Crippen LogP contribution in [-0.4, -0.2) is 55.2 Å². The van der Waals surface area contributed by atoms with Gasteiger partial charge in [0.25, 0.3) is 0 Å². The molecule has 1 aromatic rings. The molecular weight excluding hydrogens is 294 g/mol. The minimum atomic E-state index is -0.211. The van der Waals surface area contributed by atoms with Crippen LogP contribution in [0.2, 0.25) is 0 Å². The van der Waals surface area contributed by atoms with Gasteiger partial charge >= 0.3 is 6.03 Å². The Balaban J connectivity index is 1.92. The molecular formula is C17H25N3O3. The van der Waals surface area contributed by atoms with Crippen molar-refractivity contribution in [1.82, 2.24) is 15.1 Å². The van der Waals surface area contributed by atoms with Crippen LogP contribution in [0.1, 0.15) is 22.3 Å². The standard InChI is InChI=1S/C17H25N3O3/c1-12-7-13(2)15(14(3)8-12)9-18-17(22)20-10-16(21)19(11-20)5-6-23-4/h7-8H,5-6,9-11H2,1-4H3,(H,18,22). The predicted octanol–water partition coefficient (Wildman–Crippen LogP) is 1.57. The summed E-state index contributed by atoms with van der Waals surface area (Å²) in [6.07, 6.45) is 0. The molecule has 1 aliphatic rings. The Morgan fingerprint density at radius 2 is 1.91 bits per heavy atom. The first-order chi connectivity index (χ1) is 10.9. The minimum Gasteiger partial charge on any atom is -0.383 e. The zero-order valence-corrected chi connectivity index (χ0v) is 14.3. The summed E-state index contributed by atoms with van der Waals surface area (Å²) < 4.78 is 4.98. The second-order valence-corrected chi connectivity index (χ2v) is 6.03. The van der Waals surface area contributed by atoms with Crippen molar-refractivity contribution in [1.29, 1.82) is 0 Å². The highest BCUT2D eigenvalue weighted by atomic mass is 16.5. The molecule has 6 heteroatoms. The number of amides is 3. The fourth-order valence-corrected chi connectivity index (χ4v) is 2.90. The minimum absolute atomic E-state index is 0.0418. The first-order valence-corrected chi connectivity index (χ1v) is 7.78. The van der Waals surface area contributed by atoms with E-state index in [0.717, 1.165) is 5.56 Å². The van der Waals surface area contributed by atoms with Crippen molar-refractivity contribution in [2.75, 3.05) is 33.5 Å². The first kappa shape index (κ1) is 17.3. The molecule has 1 saturated heterocycles. The number of aryl methyl sites for hydroxylation is 3. The van der Waals surface area contributed by atoms with Gasteiger partial charge in [0.15, 0.2) is 0 Å². The van der Waals surface area contributed by atoms with Crippen molar-refractivity contribution in [2.24, 2.45) is 0 Å². The number of nitrogens with zero attached hydrogens (tertiary/aromatic N) is 2. The topological polar surface area (TPSA) is 61.9 Å². The maximum atomic E-state index is 12.3. The fraction of sp³-hybridized carbons (Fsp3) is 0.529. The SMILES string of the molecule is COCCN1CN(C(=O)NCc2c(C)cc(C)cc2C)CC1=O. The van der Waals surface area contributed by atoms with Gasteiger partial charge in [0.2, 0.25) is 5.91 Å². The Kier molecular flexibility index (Phi) is 5.60. The summed E-state index contributed by atoms with van der Waals surface area (Å²) in [5.41, 5.74) is 4.68. The third-order valence-corrected chi connectivity index (χ3v) is 4.13. The lowest BCUT2D eigenvalue weighted by atomic mass is 10.00. The van der Waals surface area contributed by atoms with Crippen molar-refractivity contribution in [3.8, 4) is 0 Å². The maximum absolute atomic E-state index is 12.3. The molecule has 0 unspecified atom stereocenters. The molecule has 1 aromatic carbocycles. The van der Waals surface area contributed by atoms with E-state index < -0.39 is 0 Å². The second kappa shape index (κ2) is 7.46. The highest BCUT2D eigenvalue weighted by Crippen LogP contribution is 2.16. The molecule has 0 spiro atoms. The van der Waals surface area contributed by atoms with Crippen molar-refractivity contribution in [2.45, 2.75) is 27.3 Å². The molecule has 1 fully saturated rings. The summed E-state index contributed by atoms with van der Waals surface area (Å²) in [7, 11) is 1.59. The average Bonchev–Trinajstić information content (AvgIpc) is 2.85. The lowest BCUT2D eigenvalue weighted by molar-refractivity contribution is -0.127. The highest BCUT2D eigenvalue weighted by molar-refractivity contribution is 5.87. The summed E-state index contributed by atoms with van der Waals surface area (Å²) in [6.45, 7) is 8.06. The molecule has 0 saturated carbocycles. The normalized spacial score (nSPS) is 14.5. The Hall–Kier alpha value is -2.08. The van der Waals surface area contributed by atoms with Gasteiger partial charge in [0.1, 0.15) is 6.54 Å². The van der Waals surface area contributed by atoms with Gasteiger partial charge in [-0.25, -0.2) is 4.79 Å². The van der Waals surface area contributed by atoms with Gasteiger partial charge in [-0.2, -0.15) is 0 Å². The van der Waals surface area contributed by atoms with Crippen LogP contribution >= 0.6 is 0 Å². The Morgan fingerprint density at radius 1 is 1.26 bits per heavy atom. The highest BCUT2D eigenvalue weighted by Gasteiger charge is 2.30. The number of benzene rings is 1. The summed E-state index contributed by atoms with van der Waals surface area (Å²) in [6, 6.07) is 4.01. The molecule has 3 amide bonds. The van der Waals surface area contributed by atoms with Crippen LogP contribution in [0.15, 0.2) is 12.1 Å². The van der Waals surface area contributed by atoms with E-state index in [2.05, 4.69) is 24.4 Å². The fourth-order valence-electron chi connectivity index (χ4n) is 2.90. The van der Waals surface area contributed by atoms with Gasteiger partial charge in [0.05, 0.1) is 13.3 Å². The number of carbonyl (C=O) groups excluding carboxylic acids is 2. The van der Waals surface area contributed by atoms with Gasteiger partial charge in [0, 0.05) is 20.2 Å². The number of urea groups is 1. The zero-order chi connectivity index (χ0) is 17.0. The summed E-state index contributed by atoms with van der Waals surface area (Å²) in [5.74, 6) is -0.0418. The Bertz CT molecular complexity index is 578. The number of hydrogen-bond acceptors (Lipinski definition) is 3. The predicted molar refractivity (Wildman–Crippen MR) is 88.1 cm³/mol. The van der Waals surface area contributed by atoms with Crippen molar-refractivity contribution < 1.29 is 14.3 Å². The lowest BCUT2D eigenvalue weighted by Crippen LogP contribution is -2.39. The maximum Gasteiger partial charge on any atom is 0.319 e. The van der Waals surface area contributed by atoms with E-state index in [9.17, 15) is 9.59 Å². The molecule has 0 radical (unpaired) electrons. The van der Waals surface area contributed by atoms with E-state index in [1.165, 1.54) is 21.6 Å². The molecule has 126 valence electrons. The van der Waals surface area contributed by atoms with Crippen LogP contribution in [0.5, 0.6) is 0 Å². The lowest BCUT2D eigenvalue weighted by Gasteiger charge is -2.19. The number of rotatable bonds is 5. The molecule has 23 heavy (non-hydrogen) atoms. The molecule has 0 bridgehead atoms. The smallest absolute Gasteiger partial charge is 0.319 e. The van der Waals surface area contributed by atoms with Crippen LogP contribution in [0.3, 0.4) is 0 Å². The monoisotopic (exact) mass is 319 g/mol. The van der Waals surface area contributed by atoms with E-state index >= 15 is 0 Å². The first-order valence-electron chi connectivity index (χ1n) is 7.78. The average molecular weight is 319 g/mol.